The summed E-state index contributed by atoms with van der Waals surface area (Å²) in [5, 5.41) is 58.6. The van der Waals surface area contributed by atoms with Crippen LogP contribution in [0.1, 0.15) is 19.3 Å². The predicted molar refractivity (Wildman–Crippen MR) is 98.6 cm³/mol. The number of hydrogen-bond acceptors (Lipinski definition) is 9. The average molecular weight is 451 g/mol. The Morgan fingerprint density at radius 3 is 1.19 bits per heavy atom. The molecular weight excluding hydrogens is 426 g/mol. The molecule has 8 N–H and O–H groups in total. The van der Waals surface area contributed by atoms with Crippen LogP contribution in [0, 0.1) is 0 Å². The van der Waals surface area contributed by atoms with E-state index in [-0.39, 0.29) is 26.2 Å². The van der Waals surface area contributed by atoms with Crippen LogP contribution in [0.3, 0.4) is 0 Å². The molecule has 0 saturated carbocycles. The van der Waals surface area contributed by atoms with E-state index in [1.54, 1.807) is 0 Å². The minimum absolute atomic E-state index is 0.216. The molecule has 0 aliphatic rings. The molecule has 0 spiro atoms. The molecule has 0 aliphatic carbocycles. The monoisotopic (exact) mass is 451 g/mol. The maximum atomic E-state index is 11.5. The Morgan fingerprint density at radius 2 is 0.935 bits per heavy atom. The molecular formula is C16H25N3O12. The van der Waals surface area contributed by atoms with Gasteiger partial charge >= 0.3 is 35.8 Å². The smallest absolute Gasteiger partial charge is 0.321 e. The van der Waals surface area contributed by atoms with Crippen LogP contribution in [0.15, 0.2) is 0 Å². The molecule has 0 aromatic heterocycles. The van der Waals surface area contributed by atoms with Crippen molar-refractivity contribution in [3.63, 3.8) is 0 Å². The Morgan fingerprint density at radius 1 is 0.581 bits per heavy atom. The molecule has 0 radical (unpaired) electrons. The van der Waals surface area contributed by atoms with Gasteiger partial charge in [-0.15, -0.1) is 0 Å². The lowest BCUT2D eigenvalue weighted by Gasteiger charge is -2.29. The van der Waals surface area contributed by atoms with Crippen LogP contribution in [-0.2, 0) is 28.8 Å². The van der Waals surface area contributed by atoms with Crippen molar-refractivity contribution in [2.45, 2.75) is 37.4 Å². The summed E-state index contributed by atoms with van der Waals surface area (Å²) >= 11 is 0. The van der Waals surface area contributed by atoms with Gasteiger partial charge in [-0.3, -0.25) is 33.7 Å². The van der Waals surface area contributed by atoms with E-state index >= 15 is 0 Å². The van der Waals surface area contributed by atoms with E-state index in [0.29, 0.717) is 0 Å². The summed E-state index contributed by atoms with van der Waals surface area (Å²) in [4.78, 5) is 67.2. The van der Waals surface area contributed by atoms with E-state index in [2.05, 4.69) is 10.6 Å². The number of carbonyl (C=O) groups is 6. The molecule has 0 aromatic carbocycles. The molecule has 0 fully saturated rings. The zero-order valence-electron chi connectivity index (χ0n) is 16.3. The summed E-state index contributed by atoms with van der Waals surface area (Å²) < 4.78 is 0. The Kier molecular flexibility index (Phi) is 12.4. The van der Waals surface area contributed by atoms with Crippen LogP contribution >= 0.6 is 0 Å². The quantitative estimate of drug-likeness (QED) is 0.105. The summed E-state index contributed by atoms with van der Waals surface area (Å²) in [6.07, 6.45) is -2.31. The number of aliphatic carboxylic acids is 6. The van der Waals surface area contributed by atoms with Gasteiger partial charge in [0.05, 0.1) is 19.3 Å². The first kappa shape index (κ1) is 27.7. The minimum Gasteiger partial charge on any atom is -0.481 e. The van der Waals surface area contributed by atoms with Crippen molar-refractivity contribution in [3.8, 4) is 0 Å². The highest BCUT2D eigenvalue weighted by molar-refractivity contribution is 5.81. The zero-order chi connectivity index (χ0) is 24.1. The van der Waals surface area contributed by atoms with Crippen LogP contribution < -0.4 is 10.6 Å². The van der Waals surface area contributed by atoms with Crippen LogP contribution in [0.4, 0.5) is 0 Å². The summed E-state index contributed by atoms with van der Waals surface area (Å²) in [5.74, 6) is -8.59. The zero-order valence-corrected chi connectivity index (χ0v) is 16.3. The maximum absolute atomic E-state index is 11.5. The van der Waals surface area contributed by atoms with Crippen molar-refractivity contribution in [2.75, 3.05) is 26.2 Å². The van der Waals surface area contributed by atoms with Crippen molar-refractivity contribution < 1.29 is 59.4 Å². The summed E-state index contributed by atoms with van der Waals surface area (Å²) in [5.41, 5.74) is 0. The lowest BCUT2D eigenvalue weighted by atomic mass is 10.1. The highest BCUT2D eigenvalue weighted by atomic mass is 16.4. The molecule has 3 atom stereocenters. The second-order valence-corrected chi connectivity index (χ2v) is 6.37. The van der Waals surface area contributed by atoms with Crippen LogP contribution in [0.25, 0.3) is 0 Å². The lowest BCUT2D eigenvalue weighted by molar-refractivity contribution is -0.150. The van der Waals surface area contributed by atoms with Gasteiger partial charge < -0.3 is 41.3 Å². The number of nitrogens with one attached hydrogen (secondary N) is 2. The average Bonchev–Trinajstić information content (AvgIpc) is 2.61. The second-order valence-electron chi connectivity index (χ2n) is 6.37. The number of carboxylic acid groups (broad SMARTS) is 6. The molecule has 0 aliphatic heterocycles. The molecule has 15 heteroatoms. The summed E-state index contributed by atoms with van der Waals surface area (Å²) in [7, 11) is 0. The Labute approximate surface area is 175 Å². The van der Waals surface area contributed by atoms with Gasteiger partial charge in [0.2, 0.25) is 0 Å². The number of carboxylic acids is 6. The standard InChI is InChI=1S/C16H25N3O12/c20-11(21)5-8(14(26)27)17-1-3-19(10(16(30)31)7-13(24)25)4-2-18-9(15(28)29)6-12(22)23/h8-10,17-18H,1-7H2,(H,20,21)(H,22,23)(H,24,25)(H,26,27)(H,28,29)(H,30,31). The fraction of sp³-hybridized carbons (Fsp3) is 0.625. The maximum Gasteiger partial charge on any atom is 0.321 e. The third-order valence-electron chi connectivity index (χ3n) is 4.03. The first-order chi connectivity index (χ1) is 14.3. The second kappa shape index (κ2) is 13.8. The fourth-order valence-electron chi connectivity index (χ4n) is 2.57. The van der Waals surface area contributed by atoms with E-state index in [1.165, 1.54) is 0 Å². The molecule has 0 bridgehead atoms. The van der Waals surface area contributed by atoms with Crippen molar-refractivity contribution in [1.82, 2.24) is 15.5 Å². The molecule has 176 valence electrons. The molecule has 3 unspecified atom stereocenters. The topological polar surface area (TPSA) is 251 Å². The number of nitrogens with zero attached hydrogens (tertiary/aromatic N) is 1. The number of rotatable bonds is 18. The van der Waals surface area contributed by atoms with E-state index in [1.807, 2.05) is 0 Å². The molecule has 0 rings (SSSR count). The van der Waals surface area contributed by atoms with E-state index in [9.17, 15) is 33.9 Å². The third-order valence-corrected chi connectivity index (χ3v) is 4.03. The van der Waals surface area contributed by atoms with Gasteiger partial charge in [0.15, 0.2) is 0 Å². The van der Waals surface area contributed by atoms with Gasteiger partial charge in [0.25, 0.3) is 0 Å². The van der Waals surface area contributed by atoms with Gasteiger partial charge in [-0.1, -0.05) is 0 Å². The molecule has 0 heterocycles. The van der Waals surface area contributed by atoms with Gasteiger partial charge in [-0.05, 0) is 0 Å². The molecule has 0 saturated heterocycles. The van der Waals surface area contributed by atoms with Crippen molar-refractivity contribution in [2.24, 2.45) is 0 Å². The van der Waals surface area contributed by atoms with E-state index in [4.69, 9.17) is 25.5 Å². The molecule has 31 heavy (non-hydrogen) atoms. The lowest BCUT2D eigenvalue weighted by Crippen LogP contribution is -2.51. The van der Waals surface area contributed by atoms with E-state index < -0.39 is 73.2 Å². The highest BCUT2D eigenvalue weighted by Gasteiger charge is 2.29. The highest BCUT2D eigenvalue weighted by Crippen LogP contribution is 2.06. The number of hydrogen-bond donors (Lipinski definition) is 8. The van der Waals surface area contributed by atoms with Gasteiger partial charge in [0.1, 0.15) is 18.1 Å². The first-order valence-corrected chi connectivity index (χ1v) is 8.89. The largest absolute Gasteiger partial charge is 0.481 e. The van der Waals surface area contributed by atoms with Gasteiger partial charge in [0, 0.05) is 26.2 Å². The van der Waals surface area contributed by atoms with Crippen LogP contribution in [-0.4, -0.2) is 116 Å². The van der Waals surface area contributed by atoms with Crippen LogP contribution in [0.5, 0.6) is 0 Å². The van der Waals surface area contributed by atoms with Gasteiger partial charge in [-0.25, -0.2) is 0 Å². The van der Waals surface area contributed by atoms with Crippen molar-refractivity contribution >= 4 is 35.8 Å². The molecule has 15 nitrogen and oxygen atoms in total. The van der Waals surface area contributed by atoms with Gasteiger partial charge in [-0.2, -0.15) is 0 Å². The Bertz CT molecular complexity index is 643. The van der Waals surface area contributed by atoms with Crippen LogP contribution in [0.2, 0.25) is 0 Å². The SMILES string of the molecule is O=C(O)CC(NCCN(CCNC(CC(=O)O)C(=O)O)C(CC(=O)O)C(=O)O)C(=O)O. The fourth-order valence-corrected chi connectivity index (χ4v) is 2.57. The van der Waals surface area contributed by atoms with E-state index in [0.717, 1.165) is 4.90 Å². The normalized spacial score (nSPS) is 13.8. The Balaban J connectivity index is 5.19. The summed E-state index contributed by atoms with van der Waals surface area (Å²) in [6, 6.07) is -4.48. The first-order valence-electron chi connectivity index (χ1n) is 8.89. The molecule has 0 amide bonds. The molecule has 0 aromatic rings. The minimum atomic E-state index is -1.55. The third kappa shape index (κ3) is 12.1. The van der Waals surface area contributed by atoms with Crippen molar-refractivity contribution in [1.29, 1.82) is 0 Å². The predicted octanol–water partition coefficient (Wildman–Crippen LogP) is -2.75. The van der Waals surface area contributed by atoms with Crippen molar-refractivity contribution in [3.05, 3.63) is 0 Å². The summed E-state index contributed by atoms with van der Waals surface area (Å²) in [6.45, 7) is -0.867. The Hall–Kier alpha value is -3.30.